The van der Waals surface area contributed by atoms with Gasteiger partial charge in [-0.3, -0.25) is 0 Å². The van der Waals surface area contributed by atoms with Crippen LogP contribution in [0.4, 0.5) is 0 Å². The van der Waals surface area contributed by atoms with Gasteiger partial charge in [-0.25, -0.2) is 8.88 Å². The van der Waals surface area contributed by atoms with Crippen molar-refractivity contribution in [3.05, 3.63) is 0 Å². The van der Waals surface area contributed by atoms with Gasteiger partial charge in [0, 0.05) is 0 Å². The Kier molecular flexibility index (Phi) is 17.9. The Morgan fingerprint density at radius 3 is 0.952 bits per heavy atom. The Morgan fingerprint density at radius 1 is 0.762 bits per heavy atom. The Balaban J connectivity index is -0.000000242. The highest BCUT2D eigenvalue weighted by Crippen LogP contribution is 2.41. The first-order chi connectivity index (χ1) is 9.37. The van der Waals surface area contributed by atoms with Crippen molar-refractivity contribution in [2.75, 3.05) is 26.4 Å². The normalized spacial score (nSPS) is 11.7. The van der Waals surface area contributed by atoms with E-state index in [-0.39, 0.29) is 0 Å². The van der Waals surface area contributed by atoms with Gasteiger partial charge in [-0.15, -0.1) is 0 Å². The molecule has 0 aliphatic carbocycles. The maximum absolute atomic E-state index is 8.88. The lowest BCUT2D eigenvalue weighted by Crippen LogP contribution is -2.37. The highest BCUT2D eigenvalue weighted by Gasteiger charge is 2.26. The number of rotatable bonds is 6. The molecule has 0 aromatic carbocycles. The lowest BCUT2D eigenvalue weighted by Gasteiger charge is -2.23. The van der Waals surface area contributed by atoms with E-state index in [1.54, 1.807) is 0 Å². The topological polar surface area (TPSA) is 249 Å². The number of hydrogen-bond donors (Lipinski definition) is 11. The first kappa shape index (κ1) is 26.5. The average molecular weight is 380 g/mol. The molecule has 0 saturated carbocycles. The standard InChI is InChI=1S/C5H12O4.H4O5P2.H3O4P/c6-1-5(2-7,3-8)4-9;1-6(2)5-7(3)4;1-5(2,3)4/h6-9H,1-4H2;1-4H;(H3,1,2,3,4). The molecule has 132 valence electrons. The number of phosphoric acid groups is 1. The molecule has 16 heteroatoms. The van der Waals surface area contributed by atoms with Crippen molar-refractivity contribution < 1.29 is 63.6 Å². The average Bonchev–Trinajstić information content (AvgIpc) is 2.29. The van der Waals surface area contributed by atoms with E-state index in [0.29, 0.717) is 0 Å². The predicted molar refractivity (Wildman–Crippen MR) is 68.8 cm³/mol. The molecule has 0 unspecified atom stereocenters. The smallest absolute Gasteiger partial charge is 0.396 e. The van der Waals surface area contributed by atoms with Crippen molar-refractivity contribution in [2.45, 2.75) is 0 Å². The summed E-state index contributed by atoms with van der Waals surface area (Å²) in [6.07, 6.45) is 0. The Hall–Kier alpha value is 0.610. The zero-order valence-electron chi connectivity index (χ0n) is 10.4. The van der Waals surface area contributed by atoms with Crippen LogP contribution in [0.3, 0.4) is 0 Å². The number of aliphatic hydroxyl groups excluding tert-OH is 4. The molecular formula is C5H19O13P3. The van der Waals surface area contributed by atoms with Gasteiger partial charge in [0.05, 0.1) is 31.8 Å². The monoisotopic (exact) mass is 380 g/mol. The van der Waals surface area contributed by atoms with Crippen molar-refractivity contribution in [1.82, 2.24) is 0 Å². The van der Waals surface area contributed by atoms with Gasteiger partial charge in [0.15, 0.2) is 0 Å². The second-order valence-corrected chi connectivity index (χ2v) is 5.92. The summed E-state index contributed by atoms with van der Waals surface area (Å²) in [5, 5.41) is 34.0. The van der Waals surface area contributed by atoms with E-state index in [2.05, 4.69) is 4.31 Å². The van der Waals surface area contributed by atoms with Gasteiger partial charge in [-0.05, 0) is 0 Å². The largest absolute Gasteiger partial charge is 0.466 e. The molecule has 0 amide bonds. The molecule has 0 saturated heterocycles. The fraction of sp³-hybridized carbons (Fsp3) is 1.00. The van der Waals surface area contributed by atoms with E-state index in [1.165, 1.54) is 0 Å². The van der Waals surface area contributed by atoms with Crippen LogP contribution in [0.2, 0.25) is 0 Å². The third-order valence-corrected chi connectivity index (χ3v) is 2.66. The van der Waals surface area contributed by atoms with Crippen molar-refractivity contribution in [3.63, 3.8) is 0 Å². The fourth-order valence-corrected chi connectivity index (χ4v) is 0.888. The summed E-state index contributed by atoms with van der Waals surface area (Å²) in [7, 11) is -9.86. The maximum Gasteiger partial charge on any atom is 0.466 e. The van der Waals surface area contributed by atoms with Gasteiger partial charge in [0.1, 0.15) is 0 Å². The number of aliphatic hydroxyl groups is 4. The third kappa shape index (κ3) is 25.9. The molecule has 0 aromatic rings. The van der Waals surface area contributed by atoms with Crippen LogP contribution in [-0.2, 0) is 8.88 Å². The van der Waals surface area contributed by atoms with Gasteiger partial charge in [-0.2, -0.15) is 0 Å². The predicted octanol–water partition coefficient (Wildman–Crippen LogP) is -3.56. The molecule has 0 fully saturated rings. The maximum atomic E-state index is 8.88. The first-order valence-corrected chi connectivity index (χ1v) is 8.52. The minimum atomic E-state index is -4.64. The molecule has 13 nitrogen and oxygen atoms in total. The minimum absolute atomic E-state index is 0.406. The van der Waals surface area contributed by atoms with Gasteiger partial charge in [0.2, 0.25) is 0 Å². The lowest BCUT2D eigenvalue weighted by atomic mass is 9.93. The van der Waals surface area contributed by atoms with Crippen LogP contribution in [0.15, 0.2) is 0 Å². The first-order valence-electron chi connectivity index (χ1n) is 4.63. The third-order valence-electron chi connectivity index (χ3n) is 1.49. The van der Waals surface area contributed by atoms with Crippen LogP contribution in [0, 0.1) is 5.41 Å². The molecule has 0 bridgehead atoms. The highest BCUT2D eigenvalue weighted by molar-refractivity contribution is 7.53. The second-order valence-electron chi connectivity index (χ2n) is 3.23. The zero-order valence-corrected chi connectivity index (χ0v) is 13.1. The van der Waals surface area contributed by atoms with E-state index < -0.39 is 56.9 Å². The lowest BCUT2D eigenvalue weighted by molar-refractivity contribution is -0.0328. The van der Waals surface area contributed by atoms with Crippen molar-refractivity contribution in [1.29, 1.82) is 0 Å². The summed E-state index contributed by atoms with van der Waals surface area (Å²) in [6, 6.07) is 0. The van der Waals surface area contributed by atoms with E-state index in [0.717, 1.165) is 0 Å². The molecule has 0 rings (SSSR count). The Labute approximate surface area is 121 Å². The highest BCUT2D eigenvalue weighted by atomic mass is 31.2. The van der Waals surface area contributed by atoms with Crippen molar-refractivity contribution in [2.24, 2.45) is 5.41 Å². The van der Waals surface area contributed by atoms with Crippen LogP contribution in [-0.4, -0.2) is 81.1 Å². The molecule has 21 heavy (non-hydrogen) atoms. The fourth-order valence-electron chi connectivity index (χ4n) is 0.365. The Bertz CT molecular complexity index is 231. The van der Waals surface area contributed by atoms with Gasteiger partial charge in [-0.1, -0.05) is 0 Å². The SMILES string of the molecule is O=P(O)(O)O.OCC(CO)(CO)CO.OP(O)OP(O)O. The van der Waals surface area contributed by atoms with E-state index in [4.69, 9.17) is 59.2 Å². The van der Waals surface area contributed by atoms with Gasteiger partial charge >= 0.3 is 25.0 Å². The summed E-state index contributed by atoms with van der Waals surface area (Å²) in [6.45, 7) is -1.62. The van der Waals surface area contributed by atoms with Gasteiger partial charge < -0.3 is 54.7 Å². The molecular weight excluding hydrogens is 361 g/mol. The summed E-state index contributed by atoms with van der Waals surface area (Å²) in [5.41, 5.74) is -1.11. The van der Waals surface area contributed by atoms with Crippen LogP contribution in [0.1, 0.15) is 0 Å². The zero-order chi connectivity index (χ0) is 17.7. The molecule has 0 heterocycles. The van der Waals surface area contributed by atoms with Crippen molar-refractivity contribution in [3.8, 4) is 0 Å². The van der Waals surface area contributed by atoms with E-state index >= 15 is 0 Å². The van der Waals surface area contributed by atoms with Gasteiger partial charge in [0.25, 0.3) is 0 Å². The second kappa shape index (κ2) is 14.2. The minimum Gasteiger partial charge on any atom is -0.396 e. The molecule has 0 aromatic heterocycles. The summed E-state index contributed by atoms with van der Waals surface area (Å²) in [5.74, 6) is 0. The quantitative estimate of drug-likeness (QED) is 0.200. The van der Waals surface area contributed by atoms with Crippen LogP contribution in [0.5, 0.6) is 0 Å². The Morgan fingerprint density at radius 2 is 0.952 bits per heavy atom. The van der Waals surface area contributed by atoms with Crippen LogP contribution >= 0.6 is 25.0 Å². The molecule has 0 spiro atoms. The van der Waals surface area contributed by atoms with Crippen molar-refractivity contribution >= 4 is 25.0 Å². The van der Waals surface area contributed by atoms with E-state index in [9.17, 15) is 0 Å². The number of hydrogen-bond acceptors (Lipinski definition) is 10. The molecule has 0 atom stereocenters. The summed E-state index contributed by atoms with van der Waals surface area (Å²) in [4.78, 5) is 52.8. The van der Waals surface area contributed by atoms with Crippen LogP contribution < -0.4 is 0 Å². The molecule has 0 radical (unpaired) electrons. The molecule has 11 N–H and O–H groups in total. The summed E-state index contributed by atoms with van der Waals surface area (Å²) < 4.78 is 12.5. The summed E-state index contributed by atoms with van der Waals surface area (Å²) >= 11 is 0. The van der Waals surface area contributed by atoms with E-state index in [1.807, 2.05) is 0 Å². The molecule has 0 aliphatic rings. The van der Waals surface area contributed by atoms with Crippen LogP contribution in [0.25, 0.3) is 0 Å². The molecule has 0 aliphatic heterocycles.